The van der Waals surface area contributed by atoms with Crippen LogP contribution < -0.4 is 5.32 Å². The van der Waals surface area contributed by atoms with E-state index in [4.69, 9.17) is 0 Å². The normalized spacial score (nSPS) is 10.3. The third-order valence-electron chi connectivity index (χ3n) is 2.08. The number of hydrogen-bond donors (Lipinski definition) is 1. The van der Waals surface area contributed by atoms with Crippen LogP contribution in [0, 0.1) is 0 Å². The summed E-state index contributed by atoms with van der Waals surface area (Å²) in [4.78, 5) is 4.48. The molecule has 78 valence electrons. The van der Waals surface area contributed by atoms with Gasteiger partial charge in [-0.3, -0.25) is 0 Å². The predicted molar refractivity (Wildman–Crippen MR) is 68.6 cm³/mol. The second kappa shape index (κ2) is 4.77. The molecular formula is C11H11BrN2S. The first-order chi connectivity index (χ1) is 7.29. The Labute approximate surface area is 101 Å². The highest BCUT2D eigenvalue weighted by Crippen LogP contribution is 2.29. The number of hydrogen-bond acceptors (Lipinski definition) is 3. The number of nitrogens with zero attached hydrogens (tertiary/aromatic N) is 1. The molecule has 1 heterocycles. The molecule has 1 aromatic heterocycles. The molecular weight excluding hydrogens is 272 g/mol. The lowest BCUT2D eigenvalue weighted by atomic mass is 10.1. The van der Waals surface area contributed by atoms with Gasteiger partial charge in [-0.15, -0.1) is 0 Å². The van der Waals surface area contributed by atoms with Crippen LogP contribution in [0.3, 0.4) is 0 Å². The van der Waals surface area contributed by atoms with Gasteiger partial charge >= 0.3 is 0 Å². The van der Waals surface area contributed by atoms with Gasteiger partial charge in [-0.05, 0) is 21.5 Å². The van der Waals surface area contributed by atoms with Crippen molar-refractivity contribution in [2.24, 2.45) is 0 Å². The molecule has 15 heavy (non-hydrogen) atoms. The number of aromatic nitrogens is 1. The van der Waals surface area contributed by atoms with Gasteiger partial charge < -0.3 is 5.32 Å². The molecule has 2 nitrogen and oxygen atoms in total. The zero-order valence-corrected chi connectivity index (χ0v) is 10.7. The Hall–Kier alpha value is -0.870. The second-order valence-electron chi connectivity index (χ2n) is 3.15. The minimum absolute atomic E-state index is 0.875. The van der Waals surface area contributed by atoms with E-state index in [-0.39, 0.29) is 0 Å². The molecule has 2 aromatic rings. The summed E-state index contributed by atoms with van der Waals surface area (Å²) < 4.78 is 1.11. The van der Waals surface area contributed by atoms with E-state index in [1.165, 1.54) is 5.56 Å². The van der Waals surface area contributed by atoms with Crippen molar-refractivity contribution >= 4 is 32.4 Å². The monoisotopic (exact) mass is 282 g/mol. The lowest BCUT2D eigenvalue weighted by Crippen LogP contribution is -1.91. The molecule has 0 aliphatic rings. The summed E-state index contributed by atoms with van der Waals surface area (Å²) in [5.74, 6) is 0. The number of halogens is 1. The first-order valence-electron chi connectivity index (χ1n) is 4.66. The largest absolute Gasteiger partial charge is 0.365 e. The summed E-state index contributed by atoms with van der Waals surface area (Å²) in [6, 6.07) is 10.4. The highest BCUT2D eigenvalue weighted by Gasteiger charge is 2.08. The third-order valence-corrected chi connectivity index (χ3v) is 3.92. The molecule has 0 radical (unpaired) electrons. The van der Waals surface area contributed by atoms with Crippen LogP contribution in [0.15, 0.2) is 34.1 Å². The van der Waals surface area contributed by atoms with E-state index < -0.39 is 0 Å². The van der Waals surface area contributed by atoms with Gasteiger partial charge in [0.15, 0.2) is 5.13 Å². The Balaban J connectivity index is 2.21. The average Bonchev–Trinajstić information content (AvgIpc) is 2.61. The van der Waals surface area contributed by atoms with Crippen LogP contribution in [0.25, 0.3) is 0 Å². The molecule has 0 aliphatic heterocycles. The molecule has 1 aromatic carbocycles. The summed E-state index contributed by atoms with van der Waals surface area (Å²) >= 11 is 5.16. The molecule has 0 unspecified atom stereocenters. The van der Waals surface area contributed by atoms with E-state index in [1.807, 2.05) is 13.1 Å². The van der Waals surface area contributed by atoms with Crippen molar-refractivity contribution in [2.45, 2.75) is 6.42 Å². The maximum atomic E-state index is 4.48. The standard InChI is InChI=1S/C11H11BrN2S/c1-13-11-14-9(10(12)15-11)7-8-5-3-2-4-6-8/h2-6H,7H2,1H3,(H,13,14). The van der Waals surface area contributed by atoms with E-state index in [0.29, 0.717) is 0 Å². The van der Waals surface area contributed by atoms with Crippen molar-refractivity contribution in [3.05, 3.63) is 45.4 Å². The van der Waals surface area contributed by atoms with Crippen LogP contribution in [0.5, 0.6) is 0 Å². The van der Waals surface area contributed by atoms with Gasteiger partial charge in [0.05, 0.1) is 9.48 Å². The SMILES string of the molecule is CNc1nc(Cc2ccccc2)c(Br)s1. The Morgan fingerprint density at radius 1 is 1.33 bits per heavy atom. The molecule has 4 heteroatoms. The minimum atomic E-state index is 0.875. The Kier molecular flexibility index (Phi) is 3.38. The summed E-state index contributed by atoms with van der Waals surface area (Å²) in [6.07, 6.45) is 0.875. The molecule has 1 N–H and O–H groups in total. The van der Waals surface area contributed by atoms with Crippen molar-refractivity contribution < 1.29 is 0 Å². The van der Waals surface area contributed by atoms with Gasteiger partial charge in [0.25, 0.3) is 0 Å². The average molecular weight is 283 g/mol. The first kappa shape index (κ1) is 10.6. The zero-order chi connectivity index (χ0) is 10.7. The van der Waals surface area contributed by atoms with E-state index in [1.54, 1.807) is 11.3 Å². The lowest BCUT2D eigenvalue weighted by Gasteiger charge is -1.97. The highest BCUT2D eigenvalue weighted by atomic mass is 79.9. The summed E-state index contributed by atoms with van der Waals surface area (Å²) in [5.41, 5.74) is 2.38. The maximum absolute atomic E-state index is 4.48. The zero-order valence-electron chi connectivity index (χ0n) is 8.33. The quantitative estimate of drug-likeness (QED) is 0.932. The molecule has 0 bridgehead atoms. The number of nitrogens with one attached hydrogen (secondary N) is 1. The molecule has 0 saturated carbocycles. The number of benzene rings is 1. The van der Waals surface area contributed by atoms with Crippen molar-refractivity contribution in [3.8, 4) is 0 Å². The highest BCUT2D eigenvalue weighted by molar-refractivity contribution is 9.11. The smallest absolute Gasteiger partial charge is 0.183 e. The van der Waals surface area contributed by atoms with E-state index in [0.717, 1.165) is 21.0 Å². The van der Waals surface area contributed by atoms with E-state index in [9.17, 15) is 0 Å². The Morgan fingerprint density at radius 2 is 2.07 bits per heavy atom. The molecule has 0 spiro atoms. The second-order valence-corrected chi connectivity index (χ2v) is 5.47. The van der Waals surface area contributed by atoms with Crippen molar-refractivity contribution in [2.75, 3.05) is 12.4 Å². The van der Waals surface area contributed by atoms with Crippen molar-refractivity contribution in [1.29, 1.82) is 0 Å². The van der Waals surface area contributed by atoms with Gasteiger partial charge in [0.2, 0.25) is 0 Å². The number of thiazole rings is 1. The molecule has 2 rings (SSSR count). The molecule has 0 saturated heterocycles. The van der Waals surface area contributed by atoms with Crippen molar-refractivity contribution in [1.82, 2.24) is 4.98 Å². The molecule has 0 amide bonds. The first-order valence-corrected chi connectivity index (χ1v) is 6.27. The fourth-order valence-electron chi connectivity index (χ4n) is 1.34. The molecule has 0 atom stereocenters. The van der Waals surface area contributed by atoms with Gasteiger partial charge in [-0.25, -0.2) is 4.98 Å². The summed E-state index contributed by atoms with van der Waals surface area (Å²) in [6.45, 7) is 0. The van der Waals surface area contributed by atoms with Gasteiger partial charge in [0, 0.05) is 13.5 Å². The topological polar surface area (TPSA) is 24.9 Å². The van der Waals surface area contributed by atoms with Crippen LogP contribution in [-0.2, 0) is 6.42 Å². The number of rotatable bonds is 3. The minimum Gasteiger partial charge on any atom is -0.365 e. The fourth-order valence-corrected chi connectivity index (χ4v) is 2.69. The molecule has 0 aliphatic carbocycles. The van der Waals surface area contributed by atoms with Gasteiger partial charge in [-0.1, -0.05) is 41.7 Å². The molecule has 0 fully saturated rings. The fraction of sp³-hybridized carbons (Fsp3) is 0.182. The van der Waals surface area contributed by atoms with Crippen molar-refractivity contribution in [3.63, 3.8) is 0 Å². The predicted octanol–water partition coefficient (Wildman–Crippen LogP) is 3.54. The van der Waals surface area contributed by atoms with Crippen LogP contribution >= 0.6 is 27.3 Å². The maximum Gasteiger partial charge on any atom is 0.183 e. The van der Waals surface area contributed by atoms with Crippen LogP contribution in [0.2, 0.25) is 0 Å². The van der Waals surface area contributed by atoms with Crippen LogP contribution in [-0.4, -0.2) is 12.0 Å². The summed E-state index contributed by atoms with van der Waals surface area (Å²) in [5, 5.41) is 4.00. The van der Waals surface area contributed by atoms with E-state index >= 15 is 0 Å². The lowest BCUT2D eigenvalue weighted by molar-refractivity contribution is 1.10. The number of anilines is 1. The Bertz CT molecular complexity index is 439. The van der Waals surface area contributed by atoms with Gasteiger partial charge in [-0.2, -0.15) is 0 Å². The Morgan fingerprint density at radius 3 is 2.67 bits per heavy atom. The van der Waals surface area contributed by atoms with Gasteiger partial charge in [0.1, 0.15) is 0 Å². The van der Waals surface area contributed by atoms with Crippen LogP contribution in [0.4, 0.5) is 5.13 Å². The van der Waals surface area contributed by atoms with E-state index in [2.05, 4.69) is 50.5 Å². The third kappa shape index (κ3) is 2.58. The summed E-state index contributed by atoms with van der Waals surface area (Å²) in [7, 11) is 1.89. The van der Waals surface area contributed by atoms with Crippen LogP contribution in [0.1, 0.15) is 11.3 Å².